The highest BCUT2D eigenvalue weighted by molar-refractivity contribution is 7.80. The van der Waals surface area contributed by atoms with Gasteiger partial charge < -0.3 is 16.0 Å². The van der Waals surface area contributed by atoms with Crippen LogP contribution in [0.5, 0.6) is 0 Å². The van der Waals surface area contributed by atoms with Gasteiger partial charge in [-0.15, -0.1) is 0 Å². The van der Waals surface area contributed by atoms with Crippen molar-refractivity contribution in [1.82, 2.24) is 4.90 Å². The van der Waals surface area contributed by atoms with Crippen LogP contribution in [0.1, 0.15) is 24.8 Å². The van der Waals surface area contributed by atoms with E-state index in [4.69, 9.17) is 29.6 Å². The highest BCUT2D eigenvalue weighted by atomic mass is 35.5. The fraction of sp³-hybridized carbons (Fsp3) is 0.500. The van der Waals surface area contributed by atoms with E-state index in [1.807, 2.05) is 18.2 Å². The average Bonchev–Trinajstić information content (AvgIpc) is 2.89. The van der Waals surface area contributed by atoms with E-state index in [2.05, 4.69) is 10.2 Å². The molecule has 0 aliphatic carbocycles. The summed E-state index contributed by atoms with van der Waals surface area (Å²) in [5.41, 5.74) is 7.51. The number of nitrogens with one attached hydrogen (secondary N) is 1. The normalized spacial score (nSPS) is 15.6. The Hall–Kier alpha value is -0.840. The van der Waals surface area contributed by atoms with Crippen molar-refractivity contribution in [3.05, 3.63) is 28.8 Å². The Labute approximate surface area is 125 Å². The first-order valence-corrected chi connectivity index (χ1v) is 7.51. The van der Waals surface area contributed by atoms with Crippen molar-refractivity contribution in [2.24, 2.45) is 5.73 Å². The third-order valence-electron chi connectivity index (χ3n) is 3.41. The monoisotopic (exact) mass is 297 g/mol. The summed E-state index contributed by atoms with van der Waals surface area (Å²) in [6.45, 7) is 4.58. The smallest absolute Gasteiger partial charge is 0.106 e. The number of rotatable bonds is 6. The van der Waals surface area contributed by atoms with Crippen LogP contribution in [0, 0.1) is 0 Å². The minimum atomic E-state index is 0.379. The van der Waals surface area contributed by atoms with Gasteiger partial charge in [-0.1, -0.05) is 23.8 Å². The van der Waals surface area contributed by atoms with E-state index in [9.17, 15) is 0 Å². The maximum Gasteiger partial charge on any atom is 0.106 e. The molecule has 0 spiro atoms. The van der Waals surface area contributed by atoms with E-state index in [-0.39, 0.29) is 0 Å². The molecule has 0 atom stereocenters. The van der Waals surface area contributed by atoms with Crippen LogP contribution in [0.4, 0.5) is 5.69 Å². The third-order valence-corrected chi connectivity index (χ3v) is 3.87. The average molecular weight is 298 g/mol. The predicted octanol–water partition coefficient (Wildman–Crippen LogP) is 2.87. The van der Waals surface area contributed by atoms with Gasteiger partial charge in [-0.2, -0.15) is 0 Å². The topological polar surface area (TPSA) is 41.3 Å². The summed E-state index contributed by atoms with van der Waals surface area (Å²) in [5.74, 6) is 0. The number of benzene rings is 1. The minimum absolute atomic E-state index is 0.379. The summed E-state index contributed by atoms with van der Waals surface area (Å²) in [5, 5.41) is 4.05. The molecule has 5 heteroatoms. The van der Waals surface area contributed by atoms with Gasteiger partial charge >= 0.3 is 0 Å². The number of hydrogen-bond acceptors (Lipinski definition) is 3. The molecule has 1 aliphatic heterocycles. The van der Waals surface area contributed by atoms with Crippen molar-refractivity contribution in [2.45, 2.75) is 19.3 Å². The Kier molecular flexibility index (Phi) is 5.43. The van der Waals surface area contributed by atoms with Crippen LogP contribution in [-0.4, -0.2) is 36.1 Å². The molecule has 0 saturated carbocycles. The second-order valence-electron chi connectivity index (χ2n) is 4.88. The fourth-order valence-electron chi connectivity index (χ4n) is 2.41. The predicted molar refractivity (Wildman–Crippen MR) is 86.1 cm³/mol. The molecule has 0 amide bonds. The molecule has 0 radical (unpaired) electrons. The number of anilines is 1. The summed E-state index contributed by atoms with van der Waals surface area (Å²) in [6, 6.07) is 5.60. The number of halogens is 1. The zero-order chi connectivity index (χ0) is 13.7. The highest BCUT2D eigenvalue weighted by Gasteiger charge is 2.10. The number of nitrogens with zero attached hydrogens (tertiary/aromatic N) is 1. The van der Waals surface area contributed by atoms with Crippen LogP contribution < -0.4 is 11.1 Å². The number of nitrogens with two attached hydrogens (primary N) is 1. The molecule has 1 aliphatic rings. The second-order valence-corrected chi connectivity index (χ2v) is 5.76. The lowest BCUT2D eigenvalue weighted by Gasteiger charge is -2.16. The Morgan fingerprint density at radius 3 is 2.79 bits per heavy atom. The zero-order valence-corrected chi connectivity index (χ0v) is 12.6. The lowest BCUT2D eigenvalue weighted by atomic mass is 10.1. The molecule has 1 saturated heterocycles. The van der Waals surface area contributed by atoms with Gasteiger partial charge in [0.2, 0.25) is 0 Å². The van der Waals surface area contributed by atoms with Gasteiger partial charge in [-0.25, -0.2) is 0 Å². The highest BCUT2D eigenvalue weighted by Crippen LogP contribution is 2.20. The van der Waals surface area contributed by atoms with Crippen molar-refractivity contribution in [2.75, 3.05) is 31.5 Å². The van der Waals surface area contributed by atoms with Gasteiger partial charge in [0, 0.05) is 22.8 Å². The van der Waals surface area contributed by atoms with Gasteiger partial charge in [-0.3, -0.25) is 0 Å². The van der Waals surface area contributed by atoms with Gasteiger partial charge in [0.05, 0.1) is 0 Å². The van der Waals surface area contributed by atoms with Crippen molar-refractivity contribution < 1.29 is 0 Å². The van der Waals surface area contributed by atoms with Gasteiger partial charge in [-0.05, 0) is 57.1 Å². The van der Waals surface area contributed by atoms with E-state index in [0.29, 0.717) is 10.0 Å². The Balaban J connectivity index is 1.83. The summed E-state index contributed by atoms with van der Waals surface area (Å²) >= 11 is 11.0. The second kappa shape index (κ2) is 7.08. The molecular weight excluding hydrogens is 278 g/mol. The van der Waals surface area contributed by atoms with E-state index in [0.717, 1.165) is 30.8 Å². The first kappa shape index (κ1) is 14.6. The van der Waals surface area contributed by atoms with Crippen molar-refractivity contribution in [1.29, 1.82) is 0 Å². The molecule has 1 aromatic rings. The van der Waals surface area contributed by atoms with E-state index in [1.165, 1.54) is 25.9 Å². The fourth-order valence-corrected chi connectivity index (χ4v) is 2.75. The standard InChI is InChI=1S/C14H20ClN3S/c15-11-4-5-13(12(10-11)14(16)19)17-6-3-9-18-7-1-2-8-18/h4-5,10,17H,1-3,6-9H2,(H2,16,19). The number of likely N-dealkylation sites (tertiary alicyclic amines) is 1. The Morgan fingerprint density at radius 1 is 1.37 bits per heavy atom. The summed E-state index contributed by atoms with van der Waals surface area (Å²) in [4.78, 5) is 2.89. The number of thiocarbonyl (C=S) groups is 1. The van der Waals surface area contributed by atoms with Gasteiger partial charge in [0.25, 0.3) is 0 Å². The zero-order valence-electron chi connectivity index (χ0n) is 11.0. The van der Waals surface area contributed by atoms with Crippen LogP contribution in [-0.2, 0) is 0 Å². The Bertz CT molecular complexity index is 444. The molecule has 1 heterocycles. The molecule has 19 heavy (non-hydrogen) atoms. The quantitative estimate of drug-likeness (QED) is 0.626. The molecule has 0 aromatic heterocycles. The van der Waals surface area contributed by atoms with E-state index >= 15 is 0 Å². The van der Waals surface area contributed by atoms with Crippen LogP contribution in [0.3, 0.4) is 0 Å². The lowest BCUT2D eigenvalue weighted by molar-refractivity contribution is 0.337. The molecule has 0 unspecified atom stereocenters. The van der Waals surface area contributed by atoms with Crippen LogP contribution >= 0.6 is 23.8 Å². The molecule has 104 valence electrons. The summed E-state index contributed by atoms with van der Waals surface area (Å²) in [6.07, 6.45) is 3.81. The Morgan fingerprint density at radius 2 is 2.11 bits per heavy atom. The van der Waals surface area contributed by atoms with Crippen LogP contribution in [0.2, 0.25) is 5.02 Å². The van der Waals surface area contributed by atoms with Gasteiger partial charge in [0.1, 0.15) is 4.99 Å². The maximum atomic E-state index is 5.96. The van der Waals surface area contributed by atoms with Crippen LogP contribution in [0.25, 0.3) is 0 Å². The van der Waals surface area contributed by atoms with Crippen LogP contribution in [0.15, 0.2) is 18.2 Å². The molecule has 1 fully saturated rings. The first-order valence-electron chi connectivity index (χ1n) is 6.72. The third kappa shape index (κ3) is 4.34. The van der Waals surface area contributed by atoms with E-state index in [1.54, 1.807) is 0 Å². The molecule has 0 bridgehead atoms. The SMILES string of the molecule is NC(=S)c1cc(Cl)ccc1NCCCN1CCCC1. The summed E-state index contributed by atoms with van der Waals surface area (Å²) < 4.78 is 0. The molecule has 1 aromatic carbocycles. The maximum absolute atomic E-state index is 5.96. The summed E-state index contributed by atoms with van der Waals surface area (Å²) in [7, 11) is 0. The van der Waals surface area contributed by atoms with Crippen molar-refractivity contribution >= 4 is 34.5 Å². The molecule has 3 N–H and O–H groups in total. The molecular formula is C14H20ClN3S. The van der Waals surface area contributed by atoms with Crippen molar-refractivity contribution in [3.63, 3.8) is 0 Å². The number of hydrogen-bond donors (Lipinski definition) is 2. The van der Waals surface area contributed by atoms with Crippen molar-refractivity contribution in [3.8, 4) is 0 Å². The van der Waals surface area contributed by atoms with E-state index < -0.39 is 0 Å². The van der Waals surface area contributed by atoms with Gasteiger partial charge in [0.15, 0.2) is 0 Å². The molecule has 2 rings (SSSR count). The lowest BCUT2D eigenvalue weighted by Crippen LogP contribution is -2.22. The largest absolute Gasteiger partial charge is 0.389 e. The minimum Gasteiger partial charge on any atom is -0.389 e. The molecule has 3 nitrogen and oxygen atoms in total. The first-order chi connectivity index (χ1) is 9.16.